The summed E-state index contributed by atoms with van der Waals surface area (Å²) in [4.78, 5) is 0. The zero-order valence-corrected chi connectivity index (χ0v) is 9.92. The lowest BCUT2D eigenvalue weighted by Gasteiger charge is -2.37. The van der Waals surface area contributed by atoms with Crippen LogP contribution in [0.5, 0.6) is 0 Å². The van der Waals surface area contributed by atoms with E-state index in [1.165, 1.54) is 31.5 Å². The van der Waals surface area contributed by atoms with Crippen LogP contribution in [0.25, 0.3) is 0 Å². The summed E-state index contributed by atoms with van der Waals surface area (Å²) in [6, 6.07) is 0. The van der Waals surface area contributed by atoms with E-state index in [4.69, 9.17) is 0 Å². The molecule has 1 unspecified atom stereocenters. The summed E-state index contributed by atoms with van der Waals surface area (Å²) in [6.07, 6.45) is 11.7. The topological polar surface area (TPSA) is 15.3 Å². The van der Waals surface area contributed by atoms with Gasteiger partial charge >= 0.3 is 0 Å². The summed E-state index contributed by atoms with van der Waals surface area (Å²) in [5.41, 5.74) is 5.38. The monoisotopic (exact) mass is 206 g/mol. The normalized spacial score (nSPS) is 32.0. The minimum absolute atomic E-state index is 0.184. The van der Waals surface area contributed by atoms with E-state index in [0.29, 0.717) is 0 Å². The minimum atomic E-state index is 0.184. The molecule has 0 amide bonds. The number of hydrogen-bond acceptors (Lipinski definition) is 2. The second kappa shape index (κ2) is 4.50. The van der Waals surface area contributed by atoms with Crippen LogP contribution in [0.4, 0.5) is 0 Å². The van der Waals surface area contributed by atoms with Gasteiger partial charge in [0, 0.05) is 13.1 Å². The van der Waals surface area contributed by atoms with Gasteiger partial charge in [0.05, 0.1) is 5.54 Å². The lowest BCUT2D eigenvalue weighted by Crippen LogP contribution is -2.52. The van der Waals surface area contributed by atoms with Gasteiger partial charge in [0.25, 0.3) is 0 Å². The van der Waals surface area contributed by atoms with Crippen molar-refractivity contribution < 1.29 is 0 Å². The second-order valence-electron chi connectivity index (χ2n) is 4.86. The molecule has 1 aliphatic heterocycles. The van der Waals surface area contributed by atoms with Crippen LogP contribution in [-0.4, -0.2) is 23.6 Å². The zero-order valence-electron chi connectivity index (χ0n) is 9.92. The van der Waals surface area contributed by atoms with Crippen LogP contribution in [0.1, 0.15) is 39.5 Å². The van der Waals surface area contributed by atoms with Crippen LogP contribution in [0.15, 0.2) is 23.8 Å². The summed E-state index contributed by atoms with van der Waals surface area (Å²) in [5, 5.41) is 2.40. The molecule has 1 atom stereocenters. The van der Waals surface area contributed by atoms with Gasteiger partial charge in [-0.25, -0.2) is 10.4 Å². The largest absolute Gasteiger partial charge is 0.245 e. The van der Waals surface area contributed by atoms with Crippen LogP contribution in [0.2, 0.25) is 0 Å². The van der Waals surface area contributed by atoms with Gasteiger partial charge in [-0.05, 0) is 32.6 Å². The van der Waals surface area contributed by atoms with Crippen LogP contribution in [0.3, 0.4) is 0 Å². The van der Waals surface area contributed by atoms with E-state index in [0.717, 1.165) is 12.8 Å². The first kappa shape index (κ1) is 10.9. The number of rotatable bonds is 3. The fourth-order valence-corrected chi connectivity index (χ4v) is 2.55. The Balaban J connectivity index is 2.02. The number of hydrazine groups is 1. The van der Waals surface area contributed by atoms with Crippen LogP contribution in [0, 0.1) is 0 Å². The maximum atomic E-state index is 3.72. The van der Waals surface area contributed by atoms with Crippen LogP contribution < -0.4 is 5.43 Å². The van der Waals surface area contributed by atoms with Crippen LogP contribution in [-0.2, 0) is 0 Å². The molecule has 15 heavy (non-hydrogen) atoms. The molecule has 84 valence electrons. The molecule has 2 aliphatic rings. The zero-order chi connectivity index (χ0) is 10.7. The van der Waals surface area contributed by atoms with Crippen molar-refractivity contribution in [3.8, 4) is 0 Å². The minimum Gasteiger partial charge on any atom is -0.245 e. The van der Waals surface area contributed by atoms with E-state index < -0.39 is 0 Å². The highest BCUT2D eigenvalue weighted by atomic mass is 15.5. The molecule has 0 aromatic carbocycles. The van der Waals surface area contributed by atoms with Gasteiger partial charge in [-0.1, -0.05) is 30.7 Å². The molecule has 0 radical (unpaired) electrons. The van der Waals surface area contributed by atoms with Gasteiger partial charge in [-0.3, -0.25) is 0 Å². The third-order valence-electron chi connectivity index (χ3n) is 3.51. The first-order valence-electron chi connectivity index (χ1n) is 6.12. The number of nitrogens with zero attached hydrogens (tertiary/aromatic N) is 1. The lowest BCUT2D eigenvalue weighted by atomic mass is 9.85. The Morgan fingerprint density at radius 1 is 1.40 bits per heavy atom. The quantitative estimate of drug-likeness (QED) is 0.763. The molecule has 0 saturated carbocycles. The Hall–Kier alpha value is -0.600. The highest BCUT2D eigenvalue weighted by molar-refractivity contribution is 5.25. The van der Waals surface area contributed by atoms with Crippen LogP contribution >= 0.6 is 0 Å². The smallest absolute Gasteiger partial charge is 0.0542 e. The highest BCUT2D eigenvalue weighted by Gasteiger charge is 2.29. The number of nitrogens with one attached hydrogen (secondary N) is 1. The second-order valence-corrected chi connectivity index (χ2v) is 4.86. The maximum absolute atomic E-state index is 3.72. The molecule has 1 fully saturated rings. The molecule has 1 saturated heterocycles. The van der Waals surface area contributed by atoms with Crippen molar-refractivity contribution in [2.75, 3.05) is 13.1 Å². The van der Waals surface area contributed by atoms with E-state index in [-0.39, 0.29) is 5.54 Å². The average Bonchev–Trinajstić information content (AvgIpc) is 2.70. The van der Waals surface area contributed by atoms with Crippen molar-refractivity contribution in [1.29, 1.82) is 0 Å². The van der Waals surface area contributed by atoms with Crippen molar-refractivity contribution >= 4 is 0 Å². The van der Waals surface area contributed by atoms with E-state index in [9.17, 15) is 0 Å². The van der Waals surface area contributed by atoms with Gasteiger partial charge < -0.3 is 0 Å². The SMILES string of the molecule is CCC1(NN2CCCC2)C=CC=C(C)C1. The van der Waals surface area contributed by atoms with Gasteiger partial charge in [0.15, 0.2) is 0 Å². The molecule has 0 bridgehead atoms. The van der Waals surface area contributed by atoms with Gasteiger partial charge in [0.1, 0.15) is 0 Å². The highest BCUT2D eigenvalue weighted by Crippen LogP contribution is 2.27. The number of allylic oxidation sites excluding steroid dienone is 2. The van der Waals surface area contributed by atoms with E-state index in [1.54, 1.807) is 0 Å². The van der Waals surface area contributed by atoms with Gasteiger partial charge in [-0.15, -0.1) is 0 Å². The molecule has 1 aliphatic carbocycles. The Kier molecular flexibility index (Phi) is 3.27. The van der Waals surface area contributed by atoms with Gasteiger partial charge in [0.2, 0.25) is 0 Å². The lowest BCUT2D eigenvalue weighted by molar-refractivity contribution is 0.151. The van der Waals surface area contributed by atoms with Crippen molar-refractivity contribution in [2.24, 2.45) is 0 Å². The Morgan fingerprint density at radius 2 is 2.13 bits per heavy atom. The van der Waals surface area contributed by atoms with Gasteiger partial charge in [-0.2, -0.15) is 0 Å². The molecule has 1 N–H and O–H groups in total. The molecule has 1 heterocycles. The summed E-state index contributed by atoms with van der Waals surface area (Å²) in [6.45, 7) is 6.91. The predicted octanol–water partition coefficient (Wildman–Crippen LogP) is 2.64. The summed E-state index contributed by atoms with van der Waals surface area (Å²) in [7, 11) is 0. The third kappa shape index (κ3) is 2.50. The standard InChI is InChI=1S/C13H22N2/c1-3-13(8-6-7-12(2)11-13)14-15-9-4-5-10-15/h6-8,14H,3-5,9-11H2,1-2H3. The Labute approximate surface area is 93.0 Å². The first-order chi connectivity index (χ1) is 7.24. The number of hydrogen-bond donors (Lipinski definition) is 1. The molecule has 0 aromatic rings. The predicted molar refractivity (Wildman–Crippen MR) is 64.5 cm³/mol. The summed E-state index contributed by atoms with van der Waals surface area (Å²) in [5.74, 6) is 0. The van der Waals surface area contributed by atoms with Crippen molar-refractivity contribution in [1.82, 2.24) is 10.4 Å². The maximum Gasteiger partial charge on any atom is 0.0542 e. The molecular formula is C13H22N2. The molecule has 2 nitrogen and oxygen atoms in total. The van der Waals surface area contributed by atoms with Crippen molar-refractivity contribution in [3.05, 3.63) is 23.8 Å². The Morgan fingerprint density at radius 3 is 2.73 bits per heavy atom. The average molecular weight is 206 g/mol. The molecule has 2 heteroatoms. The van der Waals surface area contributed by atoms with E-state index in [1.807, 2.05) is 0 Å². The Bertz CT molecular complexity index is 274. The fourth-order valence-electron chi connectivity index (χ4n) is 2.55. The molecular weight excluding hydrogens is 184 g/mol. The summed E-state index contributed by atoms with van der Waals surface area (Å²) < 4.78 is 0. The van der Waals surface area contributed by atoms with E-state index >= 15 is 0 Å². The molecule has 0 aromatic heterocycles. The first-order valence-corrected chi connectivity index (χ1v) is 6.12. The molecule has 0 spiro atoms. The van der Waals surface area contributed by atoms with E-state index in [2.05, 4.69) is 42.5 Å². The van der Waals surface area contributed by atoms with Crippen molar-refractivity contribution in [3.63, 3.8) is 0 Å². The fraction of sp³-hybridized carbons (Fsp3) is 0.692. The molecule has 2 rings (SSSR count). The third-order valence-corrected chi connectivity index (χ3v) is 3.51. The summed E-state index contributed by atoms with van der Waals surface area (Å²) >= 11 is 0. The van der Waals surface area contributed by atoms with Crippen molar-refractivity contribution in [2.45, 2.75) is 45.1 Å².